The molecule has 0 saturated carbocycles. The molecule has 1 heterocycles. The Morgan fingerprint density at radius 1 is 1.29 bits per heavy atom. The molecule has 6 heteroatoms. The van der Waals surface area contributed by atoms with E-state index in [1.54, 1.807) is 0 Å². The second-order valence-corrected chi connectivity index (χ2v) is 2.51. The van der Waals surface area contributed by atoms with Gasteiger partial charge in [0.05, 0.1) is 0 Å². The molecule has 0 aliphatic carbocycles. The van der Waals surface area contributed by atoms with Gasteiger partial charge in [0.2, 0.25) is 0 Å². The number of ether oxygens (including phenoxy) is 1. The second-order valence-electron chi connectivity index (χ2n) is 2.51. The van der Waals surface area contributed by atoms with Gasteiger partial charge in [0.25, 0.3) is 0 Å². The minimum absolute atomic E-state index is 0. The molecule has 1 saturated heterocycles. The third-order valence-corrected chi connectivity index (χ3v) is 1.33. The molecule has 0 aromatic carbocycles. The zero-order valence-electron chi connectivity index (χ0n) is 8.40. The summed E-state index contributed by atoms with van der Waals surface area (Å²) < 4.78 is 4.24. The summed E-state index contributed by atoms with van der Waals surface area (Å²) in [6.07, 6.45) is 0.0324. The number of epoxide rings is 1. The third kappa shape index (κ3) is 6.91. The summed E-state index contributed by atoms with van der Waals surface area (Å²) in [5.74, 6) is -2.44. The van der Waals surface area contributed by atoms with E-state index in [4.69, 9.17) is 10.2 Å². The monoisotopic (exact) mass is 228 g/mol. The average molecular weight is 228 g/mol. The number of hydrogen-bond donors (Lipinski definition) is 2. The Balaban J connectivity index is 0. The number of unbranched alkanes of at least 4 members (excludes halogenated alkanes) is 1. The van der Waals surface area contributed by atoms with E-state index in [1.165, 1.54) is 6.42 Å². The molecule has 0 spiro atoms. The smallest absolute Gasteiger partial charge is 0.479 e. The Kier molecular flexibility index (Phi) is 10.7. The van der Waals surface area contributed by atoms with E-state index in [0.29, 0.717) is 0 Å². The van der Waals surface area contributed by atoms with Gasteiger partial charge in [-0.05, 0) is 0 Å². The second kappa shape index (κ2) is 8.81. The van der Waals surface area contributed by atoms with Crippen LogP contribution in [0.4, 0.5) is 0 Å². The molecule has 1 aliphatic rings. The van der Waals surface area contributed by atoms with Crippen LogP contribution in [0.1, 0.15) is 19.8 Å². The van der Waals surface area contributed by atoms with Crippen LogP contribution in [0.5, 0.6) is 0 Å². The SMILES string of the molecule is O=C(O)C1OC1C(=O)O.[CH2-]CCC.[K+]. The van der Waals surface area contributed by atoms with Gasteiger partial charge in [0.15, 0.2) is 12.2 Å². The van der Waals surface area contributed by atoms with Crippen molar-refractivity contribution in [2.45, 2.75) is 32.0 Å². The van der Waals surface area contributed by atoms with Crippen molar-refractivity contribution in [2.75, 3.05) is 0 Å². The molecular weight excluding hydrogens is 215 g/mol. The third-order valence-electron chi connectivity index (χ3n) is 1.33. The maximum atomic E-state index is 9.89. The summed E-state index contributed by atoms with van der Waals surface area (Å²) in [6, 6.07) is 0. The van der Waals surface area contributed by atoms with Crippen molar-refractivity contribution in [1.82, 2.24) is 0 Å². The van der Waals surface area contributed by atoms with Gasteiger partial charge in [-0.15, -0.1) is 0 Å². The molecule has 0 radical (unpaired) electrons. The summed E-state index contributed by atoms with van der Waals surface area (Å²) >= 11 is 0. The Morgan fingerprint density at radius 2 is 1.57 bits per heavy atom. The fraction of sp³-hybridized carbons (Fsp3) is 0.625. The van der Waals surface area contributed by atoms with Gasteiger partial charge in [0, 0.05) is 0 Å². The number of hydrogen-bond acceptors (Lipinski definition) is 3. The van der Waals surface area contributed by atoms with Crippen molar-refractivity contribution in [3.8, 4) is 0 Å². The first-order chi connectivity index (χ1) is 6.04. The normalized spacial score (nSPS) is 22.4. The molecule has 14 heavy (non-hydrogen) atoms. The number of carbonyl (C=O) groups is 2. The van der Waals surface area contributed by atoms with Crippen molar-refractivity contribution in [2.24, 2.45) is 0 Å². The standard InChI is InChI=1S/C4H4O5.C4H9.K/c5-3(6)1-2(9-1)4(7)8;1-3-4-2;/h1-2H,(H,5,6)(H,7,8);1,3-4H2,2H3;/q;-1;+1. The van der Waals surface area contributed by atoms with Gasteiger partial charge >= 0.3 is 63.3 Å². The molecule has 2 unspecified atom stereocenters. The molecule has 0 bridgehead atoms. The maximum Gasteiger partial charge on any atom is 1.00 e. The minimum Gasteiger partial charge on any atom is -0.479 e. The van der Waals surface area contributed by atoms with E-state index >= 15 is 0 Å². The van der Waals surface area contributed by atoms with Gasteiger partial charge in [-0.1, -0.05) is 13.3 Å². The topological polar surface area (TPSA) is 87.1 Å². The van der Waals surface area contributed by atoms with E-state index in [0.717, 1.165) is 6.42 Å². The zero-order chi connectivity index (χ0) is 10.4. The molecule has 1 rings (SSSR count). The number of carboxylic acids is 2. The van der Waals surface area contributed by atoms with E-state index in [-0.39, 0.29) is 51.4 Å². The van der Waals surface area contributed by atoms with Crippen LogP contribution >= 0.6 is 0 Å². The predicted octanol–water partition coefficient (Wildman–Crippen LogP) is -2.45. The first-order valence-electron chi connectivity index (χ1n) is 3.94. The van der Waals surface area contributed by atoms with Crippen LogP contribution in [0.2, 0.25) is 0 Å². The summed E-state index contributed by atoms with van der Waals surface area (Å²) in [4.78, 5) is 19.8. The summed E-state index contributed by atoms with van der Waals surface area (Å²) in [6.45, 7) is 5.72. The van der Waals surface area contributed by atoms with Crippen molar-refractivity contribution in [1.29, 1.82) is 0 Å². The van der Waals surface area contributed by atoms with Crippen LogP contribution in [0.3, 0.4) is 0 Å². The van der Waals surface area contributed by atoms with E-state index in [9.17, 15) is 9.59 Å². The Labute approximate surface area is 125 Å². The quantitative estimate of drug-likeness (QED) is 0.318. The Hall–Kier alpha value is 0.536. The molecule has 2 N–H and O–H groups in total. The molecule has 2 atom stereocenters. The molecule has 0 aromatic rings. The number of rotatable bonds is 3. The first-order valence-corrected chi connectivity index (χ1v) is 3.94. The van der Waals surface area contributed by atoms with E-state index in [2.05, 4.69) is 18.6 Å². The van der Waals surface area contributed by atoms with Crippen LogP contribution in [-0.4, -0.2) is 34.4 Å². The fourth-order valence-corrected chi connectivity index (χ4v) is 0.488. The van der Waals surface area contributed by atoms with Crippen LogP contribution in [0.25, 0.3) is 0 Å². The van der Waals surface area contributed by atoms with E-state index in [1.807, 2.05) is 0 Å². The van der Waals surface area contributed by atoms with E-state index < -0.39 is 24.1 Å². The summed E-state index contributed by atoms with van der Waals surface area (Å²) in [5, 5.41) is 16.2. The molecule has 1 fully saturated rings. The van der Waals surface area contributed by atoms with Crippen LogP contribution < -0.4 is 51.4 Å². The first kappa shape index (κ1) is 16.9. The van der Waals surface area contributed by atoms with Crippen molar-refractivity contribution in [3.63, 3.8) is 0 Å². The Morgan fingerprint density at radius 3 is 1.64 bits per heavy atom. The van der Waals surface area contributed by atoms with Gasteiger partial charge in [0.1, 0.15) is 0 Å². The molecule has 0 amide bonds. The number of aliphatic carboxylic acids is 2. The van der Waals surface area contributed by atoms with Crippen LogP contribution in [-0.2, 0) is 14.3 Å². The molecule has 1 aliphatic heterocycles. The minimum atomic E-state index is -1.22. The van der Waals surface area contributed by atoms with Crippen molar-refractivity contribution in [3.05, 3.63) is 6.92 Å². The fourth-order valence-electron chi connectivity index (χ4n) is 0.488. The molecule has 0 aromatic heterocycles. The van der Waals surface area contributed by atoms with Gasteiger partial charge < -0.3 is 21.9 Å². The molecule has 5 nitrogen and oxygen atoms in total. The van der Waals surface area contributed by atoms with Crippen molar-refractivity contribution >= 4 is 11.9 Å². The van der Waals surface area contributed by atoms with Crippen LogP contribution in [0, 0.1) is 6.92 Å². The van der Waals surface area contributed by atoms with Gasteiger partial charge in [-0.25, -0.2) is 9.59 Å². The van der Waals surface area contributed by atoms with Crippen molar-refractivity contribution < 1.29 is 75.9 Å². The van der Waals surface area contributed by atoms with Gasteiger partial charge in [-0.2, -0.15) is 6.42 Å². The summed E-state index contributed by atoms with van der Waals surface area (Å²) in [5.41, 5.74) is 0. The summed E-state index contributed by atoms with van der Waals surface area (Å²) in [7, 11) is 0. The maximum absolute atomic E-state index is 9.89. The van der Waals surface area contributed by atoms with Crippen LogP contribution in [0.15, 0.2) is 0 Å². The van der Waals surface area contributed by atoms with Gasteiger partial charge in [-0.3, -0.25) is 0 Å². The zero-order valence-corrected chi connectivity index (χ0v) is 11.5. The molecular formula is C8H13KO5. The predicted molar refractivity (Wildman–Crippen MR) is 44.2 cm³/mol. The average Bonchev–Trinajstić information content (AvgIpc) is 2.83. The molecule has 76 valence electrons. The Bertz CT molecular complexity index is 174. The largest absolute Gasteiger partial charge is 1.00 e. The number of carboxylic acid groups (broad SMARTS) is 2.